The molecule has 3 nitrogen and oxygen atoms in total. The summed E-state index contributed by atoms with van der Waals surface area (Å²) >= 11 is 7.74. The van der Waals surface area contributed by atoms with Crippen LogP contribution < -0.4 is 5.32 Å². The van der Waals surface area contributed by atoms with Crippen LogP contribution in [0, 0.1) is 30.1 Å². The Kier molecular flexibility index (Phi) is 3.27. The van der Waals surface area contributed by atoms with Crippen molar-refractivity contribution in [3.8, 4) is 0 Å². The highest BCUT2D eigenvalue weighted by molar-refractivity contribution is 7.22. The molecule has 0 unspecified atom stereocenters. The number of aryl methyl sites for hydroxylation is 1. The second-order valence-corrected chi connectivity index (χ2v) is 9.63. The molecule has 0 radical (unpaired) electrons. The van der Waals surface area contributed by atoms with Gasteiger partial charge in [-0.3, -0.25) is 4.79 Å². The summed E-state index contributed by atoms with van der Waals surface area (Å²) in [5.74, 6) is 2.54. The first kappa shape index (κ1) is 15.2. The van der Waals surface area contributed by atoms with Gasteiger partial charge >= 0.3 is 0 Å². The van der Waals surface area contributed by atoms with Gasteiger partial charge in [-0.05, 0) is 80.9 Å². The maximum Gasteiger partial charge on any atom is 0.232 e. The highest BCUT2D eigenvalue weighted by atomic mass is 35.5. The third-order valence-corrected chi connectivity index (χ3v) is 7.83. The molecule has 5 heteroatoms. The fourth-order valence-corrected chi connectivity index (χ4v) is 6.85. The second kappa shape index (κ2) is 5.18. The van der Waals surface area contributed by atoms with Crippen LogP contribution >= 0.6 is 22.9 Å². The van der Waals surface area contributed by atoms with Crippen LogP contribution in [0.25, 0.3) is 10.2 Å². The molecule has 4 fully saturated rings. The van der Waals surface area contributed by atoms with E-state index < -0.39 is 0 Å². The maximum absolute atomic E-state index is 13.1. The Bertz CT molecular complexity index is 808. The van der Waals surface area contributed by atoms with E-state index in [2.05, 4.69) is 10.3 Å². The summed E-state index contributed by atoms with van der Waals surface area (Å²) in [6, 6.07) is 3.89. The third-order valence-electron chi connectivity index (χ3n) is 6.49. The van der Waals surface area contributed by atoms with Crippen LogP contribution in [0.5, 0.6) is 0 Å². The van der Waals surface area contributed by atoms with Crippen molar-refractivity contribution in [2.75, 3.05) is 5.32 Å². The molecule has 0 atom stereocenters. The lowest BCUT2D eigenvalue weighted by atomic mass is 9.49. The summed E-state index contributed by atoms with van der Waals surface area (Å²) < 4.78 is 1.08. The first-order valence-corrected chi connectivity index (χ1v) is 10.1. The van der Waals surface area contributed by atoms with Gasteiger partial charge in [0.25, 0.3) is 0 Å². The summed E-state index contributed by atoms with van der Waals surface area (Å²) in [6.45, 7) is 1.98. The van der Waals surface area contributed by atoms with E-state index in [0.717, 1.165) is 63.0 Å². The molecule has 0 spiro atoms. The number of nitrogens with zero attached hydrogens (tertiary/aromatic N) is 1. The number of amides is 1. The van der Waals surface area contributed by atoms with Crippen LogP contribution in [0.4, 0.5) is 5.13 Å². The summed E-state index contributed by atoms with van der Waals surface area (Å²) in [4.78, 5) is 17.8. The Hall–Kier alpha value is -1.13. The minimum Gasteiger partial charge on any atom is -0.301 e. The van der Waals surface area contributed by atoms with Crippen molar-refractivity contribution < 1.29 is 4.79 Å². The standard InChI is InChI=1S/C19H21ClN2OS/c1-10-14(20)2-3-15-16(10)21-18(24-15)22-17(23)19-7-11-4-12(8-19)6-13(5-11)9-19/h2-3,11-13H,4-9H2,1H3,(H,21,22,23). The summed E-state index contributed by atoms with van der Waals surface area (Å²) in [5, 5.41) is 4.61. The maximum atomic E-state index is 13.1. The number of fused-ring (bicyclic) bond motifs is 1. The van der Waals surface area contributed by atoms with Gasteiger partial charge in [-0.1, -0.05) is 22.9 Å². The lowest BCUT2D eigenvalue weighted by Gasteiger charge is -2.55. The molecule has 4 bridgehead atoms. The second-order valence-electron chi connectivity index (χ2n) is 8.19. The van der Waals surface area contributed by atoms with Crippen LogP contribution in [-0.4, -0.2) is 10.9 Å². The van der Waals surface area contributed by atoms with Crippen molar-refractivity contribution in [1.29, 1.82) is 0 Å². The van der Waals surface area contributed by atoms with E-state index in [1.165, 1.54) is 19.3 Å². The Morgan fingerprint density at radius 2 is 1.83 bits per heavy atom. The number of hydrogen-bond donors (Lipinski definition) is 1. The van der Waals surface area contributed by atoms with Crippen LogP contribution in [0.2, 0.25) is 5.02 Å². The van der Waals surface area contributed by atoms with Crippen molar-refractivity contribution in [1.82, 2.24) is 4.98 Å². The highest BCUT2D eigenvalue weighted by Crippen LogP contribution is 2.60. The van der Waals surface area contributed by atoms with E-state index in [1.54, 1.807) is 11.3 Å². The number of hydrogen-bond acceptors (Lipinski definition) is 3. The molecule has 0 aliphatic heterocycles. The number of carbonyl (C=O) groups is 1. The quantitative estimate of drug-likeness (QED) is 0.777. The van der Waals surface area contributed by atoms with Gasteiger partial charge in [-0.15, -0.1) is 0 Å². The van der Waals surface area contributed by atoms with E-state index in [9.17, 15) is 4.79 Å². The summed E-state index contributed by atoms with van der Waals surface area (Å²) in [5.41, 5.74) is 1.77. The molecule has 24 heavy (non-hydrogen) atoms. The first-order chi connectivity index (χ1) is 11.5. The van der Waals surface area contributed by atoms with Crippen molar-refractivity contribution in [3.05, 3.63) is 22.7 Å². The van der Waals surface area contributed by atoms with Gasteiger partial charge in [-0.25, -0.2) is 4.98 Å². The van der Waals surface area contributed by atoms with Crippen LogP contribution in [-0.2, 0) is 4.79 Å². The van der Waals surface area contributed by atoms with Crippen molar-refractivity contribution in [3.63, 3.8) is 0 Å². The smallest absolute Gasteiger partial charge is 0.232 e. The van der Waals surface area contributed by atoms with Gasteiger partial charge in [0.05, 0.1) is 15.6 Å². The first-order valence-electron chi connectivity index (χ1n) is 8.89. The van der Waals surface area contributed by atoms with Gasteiger partial charge in [0.1, 0.15) is 0 Å². The van der Waals surface area contributed by atoms with Gasteiger partial charge in [0.15, 0.2) is 5.13 Å². The lowest BCUT2D eigenvalue weighted by Crippen LogP contribution is -2.51. The van der Waals surface area contributed by atoms with Crippen LogP contribution in [0.1, 0.15) is 44.1 Å². The largest absolute Gasteiger partial charge is 0.301 e. The molecule has 126 valence electrons. The van der Waals surface area contributed by atoms with Gasteiger partial charge in [-0.2, -0.15) is 0 Å². The summed E-state index contributed by atoms with van der Waals surface area (Å²) in [7, 11) is 0. The van der Waals surface area contributed by atoms with E-state index in [1.807, 2.05) is 19.1 Å². The molecule has 2 aromatic rings. The number of thiazole rings is 1. The topological polar surface area (TPSA) is 42.0 Å². The number of benzene rings is 1. The third kappa shape index (κ3) is 2.22. The zero-order chi connectivity index (χ0) is 16.5. The van der Waals surface area contributed by atoms with Gasteiger partial charge in [0.2, 0.25) is 5.91 Å². The molecular formula is C19H21ClN2OS. The van der Waals surface area contributed by atoms with Gasteiger partial charge < -0.3 is 5.32 Å². The fourth-order valence-electron chi connectivity index (χ4n) is 5.77. The predicted octanol–water partition coefficient (Wildman–Crippen LogP) is 5.41. The fraction of sp³-hybridized carbons (Fsp3) is 0.579. The van der Waals surface area contributed by atoms with E-state index in [0.29, 0.717) is 0 Å². The Morgan fingerprint density at radius 3 is 2.46 bits per heavy atom. The normalized spacial score (nSPS) is 34.0. The summed E-state index contributed by atoms with van der Waals surface area (Å²) in [6.07, 6.45) is 7.31. The van der Waals surface area contributed by atoms with Crippen molar-refractivity contribution in [2.24, 2.45) is 23.2 Å². The zero-order valence-electron chi connectivity index (χ0n) is 13.8. The SMILES string of the molecule is Cc1c(Cl)ccc2sc(NC(=O)C34CC5CC(CC(C5)C3)C4)nc12. The predicted molar refractivity (Wildman–Crippen MR) is 98.6 cm³/mol. The Morgan fingerprint density at radius 1 is 1.21 bits per heavy atom. The highest BCUT2D eigenvalue weighted by Gasteiger charge is 2.54. The molecule has 1 heterocycles. The number of nitrogens with one attached hydrogen (secondary N) is 1. The van der Waals surface area contributed by atoms with Crippen LogP contribution in [0.3, 0.4) is 0 Å². The van der Waals surface area contributed by atoms with E-state index in [-0.39, 0.29) is 11.3 Å². The molecule has 1 amide bonds. The molecule has 4 aliphatic carbocycles. The lowest BCUT2D eigenvalue weighted by molar-refractivity contribution is -0.140. The molecule has 6 rings (SSSR count). The Labute approximate surface area is 150 Å². The minimum absolute atomic E-state index is 0.126. The number of rotatable bonds is 2. The number of carbonyl (C=O) groups excluding carboxylic acids is 1. The minimum atomic E-state index is -0.126. The molecular weight excluding hydrogens is 340 g/mol. The number of halogens is 1. The number of aromatic nitrogens is 1. The van der Waals surface area contributed by atoms with Gasteiger partial charge in [0, 0.05) is 5.02 Å². The van der Waals surface area contributed by atoms with Crippen LogP contribution in [0.15, 0.2) is 12.1 Å². The Balaban J connectivity index is 1.44. The van der Waals surface area contributed by atoms with E-state index in [4.69, 9.17) is 11.6 Å². The molecule has 1 aromatic heterocycles. The average molecular weight is 361 g/mol. The molecule has 0 saturated heterocycles. The van der Waals surface area contributed by atoms with Crippen molar-refractivity contribution in [2.45, 2.75) is 45.4 Å². The molecule has 1 aromatic carbocycles. The zero-order valence-corrected chi connectivity index (χ0v) is 15.3. The number of anilines is 1. The molecule has 4 saturated carbocycles. The van der Waals surface area contributed by atoms with E-state index >= 15 is 0 Å². The van der Waals surface area contributed by atoms with Crippen molar-refractivity contribution >= 4 is 44.2 Å². The molecule has 1 N–H and O–H groups in total. The monoisotopic (exact) mass is 360 g/mol. The molecule has 4 aliphatic rings. The average Bonchev–Trinajstić information content (AvgIpc) is 2.93.